The first-order valence-electron chi connectivity index (χ1n) is 4.15. The van der Waals surface area contributed by atoms with Crippen LogP contribution in [0.25, 0.3) is 0 Å². The molecule has 1 aromatic rings. The minimum atomic E-state index is -0.143. The molecule has 0 aliphatic heterocycles. The van der Waals surface area contributed by atoms with Crippen LogP contribution in [0.3, 0.4) is 0 Å². The number of alkyl halides is 1. The molecule has 1 aromatic heterocycles. The Bertz CT molecular complexity index is 334. The second-order valence-electron chi connectivity index (χ2n) is 3.07. The predicted molar refractivity (Wildman–Crippen MR) is 56.4 cm³/mol. The quantitative estimate of drug-likeness (QED) is 0.589. The summed E-state index contributed by atoms with van der Waals surface area (Å²) in [6.45, 7) is 5.59. The number of hydrogen-bond donors (Lipinski definition) is 0. The van der Waals surface area contributed by atoms with Crippen LogP contribution >= 0.6 is 15.9 Å². The van der Waals surface area contributed by atoms with Gasteiger partial charge in [0.2, 0.25) is 0 Å². The third-order valence-electron chi connectivity index (χ3n) is 1.85. The summed E-state index contributed by atoms with van der Waals surface area (Å²) in [6, 6.07) is 3.69. The van der Waals surface area contributed by atoms with Gasteiger partial charge in [-0.15, -0.1) is 0 Å². The van der Waals surface area contributed by atoms with Gasteiger partial charge in [-0.3, -0.25) is 9.78 Å². The number of pyridine rings is 1. The zero-order valence-corrected chi connectivity index (χ0v) is 9.55. The molecule has 70 valence electrons. The molecule has 3 heteroatoms. The topological polar surface area (TPSA) is 30.0 Å². The van der Waals surface area contributed by atoms with Crippen molar-refractivity contribution in [3.63, 3.8) is 0 Å². The van der Waals surface area contributed by atoms with E-state index < -0.39 is 0 Å². The molecule has 0 aromatic carbocycles. The lowest BCUT2D eigenvalue weighted by Crippen LogP contribution is -2.12. The van der Waals surface area contributed by atoms with E-state index in [1.807, 2.05) is 32.9 Å². The molecular weight excluding hydrogens is 230 g/mol. The van der Waals surface area contributed by atoms with Gasteiger partial charge in [0.25, 0.3) is 0 Å². The van der Waals surface area contributed by atoms with Crippen LogP contribution in [-0.2, 0) is 0 Å². The molecule has 0 spiro atoms. The van der Waals surface area contributed by atoms with Crippen LogP contribution in [0.4, 0.5) is 0 Å². The summed E-state index contributed by atoms with van der Waals surface area (Å²) >= 11 is 3.25. The Morgan fingerprint density at radius 3 is 2.54 bits per heavy atom. The molecule has 0 radical (unpaired) electrons. The number of ketones is 1. The molecular formula is C10H12BrNO. The summed E-state index contributed by atoms with van der Waals surface area (Å²) in [5.41, 5.74) is 2.45. The summed E-state index contributed by atoms with van der Waals surface area (Å²) in [7, 11) is 0. The lowest BCUT2D eigenvalue weighted by Gasteiger charge is -2.06. The van der Waals surface area contributed by atoms with Crippen molar-refractivity contribution < 1.29 is 4.79 Å². The minimum absolute atomic E-state index is 0.0880. The second-order valence-corrected chi connectivity index (χ2v) is 4.44. The maximum Gasteiger partial charge on any atom is 0.177 e. The standard InChI is InChI=1S/C10H12BrNO/c1-6-4-5-9(8(3)12-6)10(13)7(2)11/h4-5,7H,1-3H3. The number of hydrogen-bond acceptors (Lipinski definition) is 2. The number of Topliss-reactive ketones (excluding diaryl/α,β-unsaturated/α-hetero) is 1. The van der Waals surface area contributed by atoms with Crippen LogP contribution in [0.2, 0.25) is 0 Å². The van der Waals surface area contributed by atoms with E-state index in [2.05, 4.69) is 20.9 Å². The largest absolute Gasteiger partial charge is 0.293 e. The third kappa shape index (κ3) is 2.37. The highest BCUT2D eigenvalue weighted by atomic mass is 79.9. The highest BCUT2D eigenvalue weighted by Gasteiger charge is 2.14. The molecule has 1 unspecified atom stereocenters. The fraction of sp³-hybridized carbons (Fsp3) is 0.400. The van der Waals surface area contributed by atoms with Crippen molar-refractivity contribution in [1.82, 2.24) is 4.98 Å². The van der Waals surface area contributed by atoms with Gasteiger partial charge in [0.05, 0.1) is 4.83 Å². The van der Waals surface area contributed by atoms with Crippen molar-refractivity contribution in [2.45, 2.75) is 25.6 Å². The summed E-state index contributed by atoms with van der Waals surface area (Å²) in [4.78, 5) is 15.7. The van der Waals surface area contributed by atoms with Crippen molar-refractivity contribution in [3.05, 3.63) is 29.1 Å². The van der Waals surface area contributed by atoms with Gasteiger partial charge in [0.1, 0.15) is 0 Å². The Balaban J connectivity index is 3.09. The molecule has 0 fully saturated rings. The smallest absolute Gasteiger partial charge is 0.177 e. The molecule has 0 saturated heterocycles. The van der Waals surface area contributed by atoms with E-state index in [0.29, 0.717) is 5.56 Å². The summed E-state index contributed by atoms with van der Waals surface area (Å²) in [6.07, 6.45) is 0. The highest BCUT2D eigenvalue weighted by Crippen LogP contribution is 2.13. The van der Waals surface area contributed by atoms with Crippen molar-refractivity contribution in [1.29, 1.82) is 0 Å². The fourth-order valence-corrected chi connectivity index (χ4v) is 1.41. The number of carbonyl (C=O) groups excluding carboxylic acids is 1. The molecule has 0 aliphatic rings. The molecule has 1 atom stereocenters. The zero-order valence-electron chi connectivity index (χ0n) is 7.97. The molecule has 0 aliphatic carbocycles. The van der Waals surface area contributed by atoms with E-state index in [1.54, 1.807) is 0 Å². The van der Waals surface area contributed by atoms with Gasteiger partial charge in [0.15, 0.2) is 5.78 Å². The average molecular weight is 242 g/mol. The van der Waals surface area contributed by atoms with E-state index >= 15 is 0 Å². The molecule has 0 amide bonds. The lowest BCUT2D eigenvalue weighted by atomic mass is 10.1. The van der Waals surface area contributed by atoms with Crippen molar-refractivity contribution >= 4 is 21.7 Å². The molecule has 0 bridgehead atoms. The van der Waals surface area contributed by atoms with E-state index in [-0.39, 0.29) is 10.6 Å². The Kier molecular flexibility index (Phi) is 3.20. The van der Waals surface area contributed by atoms with Gasteiger partial charge < -0.3 is 0 Å². The SMILES string of the molecule is Cc1ccc(C(=O)C(C)Br)c(C)n1. The van der Waals surface area contributed by atoms with Crippen LogP contribution in [0, 0.1) is 13.8 Å². The lowest BCUT2D eigenvalue weighted by molar-refractivity contribution is 0.0995. The molecule has 0 N–H and O–H groups in total. The normalized spacial score (nSPS) is 12.6. The Morgan fingerprint density at radius 1 is 1.46 bits per heavy atom. The summed E-state index contributed by atoms with van der Waals surface area (Å²) < 4.78 is 0. The Hall–Kier alpha value is -0.700. The number of nitrogens with zero attached hydrogens (tertiary/aromatic N) is 1. The van der Waals surface area contributed by atoms with Gasteiger partial charge in [0, 0.05) is 17.0 Å². The van der Waals surface area contributed by atoms with Gasteiger partial charge in [-0.25, -0.2) is 0 Å². The van der Waals surface area contributed by atoms with Crippen LogP contribution in [0.15, 0.2) is 12.1 Å². The summed E-state index contributed by atoms with van der Waals surface area (Å²) in [5.74, 6) is 0.0880. The molecule has 2 nitrogen and oxygen atoms in total. The van der Waals surface area contributed by atoms with Gasteiger partial charge in [-0.1, -0.05) is 15.9 Å². The maximum absolute atomic E-state index is 11.6. The van der Waals surface area contributed by atoms with E-state index in [1.165, 1.54) is 0 Å². The van der Waals surface area contributed by atoms with Crippen LogP contribution in [0.1, 0.15) is 28.7 Å². The molecule has 0 saturated carbocycles. The Morgan fingerprint density at radius 2 is 2.08 bits per heavy atom. The fourth-order valence-electron chi connectivity index (χ4n) is 1.16. The van der Waals surface area contributed by atoms with Crippen molar-refractivity contribution in [2.24, 2.45) is 0 Å². The first-order chi connectivity index (χ1) is 6.02. The van der Waals surface area contributed by atoms with Crippen LogP contribution < -0.4 is 0 Å². The number of halogens is 1. The van der Waals surface area contributed by atoms with Gasteiger partial charge in [-0.05, 0) is 32.9 Å². The van der Waals surface area contributed by atoms with E-state index in [4.69, 9.17) is 0 Å². The first kappa shape index (κ1) is 10.4. The Labute approximate surface area is 86.5 Å². The minimum Gasteiger partial charge on any atom is -0.293 e. The van der Waals surface area contributed by atoms with Crippen LogP contribution in [-0.4, -0.2) is 15.6 Å². The number of carbonyl (C=O) groups is 1. The van der Waals surface area contributed by atoms with Crippen molar-refractivity contribution in [3.8, 4) is 0 Å². The zero-order chi connectivity index (χ0) is 10.0. The monoisotopic (exact) mass is 241 g/mol. The summed E-state index contributed by atoms with van der Waals surface area (Å²) in [5, 5.41) is 0. The highest BCUT2D eigenvalue weighted by molar-refractivity contribution is 9.10. The molecule has 1 heterocycles. The third-order valence-corrected chi connectivity index (χ3v) is 2.27. The van der Waals surface area contributed by atoms with Crippen molar-refractivity contribution in [2.75, 3.05) is 0 Å². The van der Waals surface area contributed by atoms with E-state index in [9.17, 15) is 4.79 Å². The van der Waals surface area contributed by atoms with Gasteiger partial charge >= 0.3 is 0 Å². The van der Waals surface area contributed by atoms with E-state index in [0.717, 1.165) is 11.4 Å². The maximum atomic E-state index is 11.6. The predicted octanol–water partition coefficient (Wildman–Crippen LogP) is 2.66. The van der Waals surface area contributed by atoms with Gasteiger partial charge in [-0.2, -0.15) is 0 Å². The number of rotatable bonds is 2. The number of aryl methyl sites for hydroxylation is 2. The second kappa shape index (κ2) is 4.01. The number of aromatic nitrogens is 1. The molecule has 1 rings (SSSR count). The molecule has 13 heavy (non-hydrogen) atoms. The average Bonchev–Trinajstić information content (AvgIpc) is 2.03. The first-order valence-corrected chi connectivity index (χ1v) is 5.06. The van der Waals surface area contributed by atoms with Crippen LogP contribution in [0.5, 0.6) is 0 Å².